The fourth-order valence-electron chi connectivity index (χ4n) is 3.48. The van der Waals surface area contributed by atoms with Crippen molar-refractivity contribution in [3.63, 3.8) is 0 Å². The predicted octanol–water partition coefficient (Wildman–Crippen LogP) is 3.43. The number of thioether (sulfide) groups is 1. The Labute approximate surface area is 178 Å². The fraction of sp³-hybridized carbons (Fsp3) is 0.500. The number of aliphatic imine (C=N–C) groups is 1. The van der Waals surface area contributed by atoms with E-state index in [4.69, 9.17) is 10.7 Å². The highest BCUT2D eigenvalue weighted by Crippen LogP contribution is 2.47. The molecule has 0 aromatic carbocycles. The van der Waals surface area contributed by atoms with Gasteiger partial charge in [-0.2, -0.15) is 0 Å². The van der Waals surface area contributed by atoms with Crippen molar-refractivity contribution in [3.05, 3.63) is 34.3 Å². The van der Waals surface area contributed by atoms with Crippen molar-refractivity contribution in [1.82, 2.24) is 15.0 Å². The predicted molar refractivity (Wildman–Crippen MR) is 114 cm³/mol. The molecule has 2 aromatic heterocycles. The number of halogens is 3. The van der Waals surface area contributed by atoms with E-state index in [1.165, 1.54) is 6.20 Å². The van der Waals surface area contributed by atoms with Crippen LogP contribution in [0.2, 0.25) is 0 Å². The molecule has 2 aromatic rings. The lowest BCUT2D eigenvalue weighted by Gasteiger charge is -2.32. The number of aromatic nitrogens is 3. The molecule has 1 fully saturated rings. The molecule has 0 saturated carbocycles. The minimum absolute atomic E-state index is 0. The quantitative estimate of drug-likeness (QED) is 0.770. The third kappa shape index (κ3) is 3.87. The standard InChI is InChI=1S/C16H19FN6S2.2ClH/c1-9(2)13-11(17)3-20-15(21-13)23-5-10-6-24-14(18)22-16(10,7-23)12-4-19-8-25-12;;/h3-4,8-10H,5-7H2,1-2H3,(H2,18,22);2*1H/t10-,16-;;/m0../s1. The van der Waals surface area contributed by atoms with Crippen molar-refractivity contribution in [3.8, 4) is 0 Å². The number of nitrogens with two attached hydrogens (primary N) is 1. The van der Waals surface area contributed by atoms with Crippen molar-refractivity contribution >= 4 is 59.0 Å². The Kier molecular flexibility index (Phi) is 6.94. The van der Waals surface area contributed by atoms with Crippen LogP contribution in [0.4, 0.5) is 10.3 Å². The molecule has 0 bridgehead atoms. The molecule has 2 aliphatic rings. The topological polar surface area (TPSA) is 80.3 Å². The highest BCUT2D eigenvalue weighted by Gasteiger charge is 2.51. The summed E-state index contributed by atoms with van der Waals surface area (Å²) < 4.78 is 14.0. The van der Waals surface area contributed by atoms with Crippen molar-refractivity contribution in [2.24, 2.45) is 16.6 Å². The van der Waals surface area contributed by atoms with Crippen LogP contribution in [-0.4, -0.2) is 39.0 Å². The maximum atomic E-state index is 14.0. The first-order valence-electron chi connectivity index (χ1n) is 8.14. The molecule has 11 heteroatoms. The number of hydrogen-bond acceptors (Lipinski definition) is 8. The molecule has 1 saturated heterocycles. The van der Waals surface area contributed by atoms with Crippen LogP contribution >= 0.6 is 47.9 Å². The molecule has 2 atom stereocenters. The summed E-state index contributed by atoms with van der Waals surface area (Å²) in [5.74, 6) is 1.39. The smallest absolute Gasteiger partial charge is 0.225 e. The van der Waals surface area contributed by atoms with Gasteiger partial charge in [-0.05, 0) is 5.92 Å². The lowest BCUT2D eigenvalue weighted by Crippen LogP contribution is -2.39. The Morgan fingerprint density at radius 3 is 2.78 bits per heavy atom. The summed E-state index contributed by atoms with van der Waals surface area (Å²) >= 11 is 3.18. The Hall–Kier alpha value is -1.16. The summed E-state index contributed by atoms with van der Waals surface area (Å²) in [6.07, 6.45) is 3.14. The maximum Gasteiger partial charge on any atom is 0.225 e. The second kappa shape index (κ2) is 8.46. The zero-order chi connectivity index (χ0) is 17.6. The normalized spacial score (nSPS) is 24.1. The van der Waals surface area contributed by atoms with E-state index in [0.29, 0.717) is 29.3 Å². The largest absolute Gasteiger partial charge is 0.379 e. The van der Waals surface area contributed by atoms with Crippen LogP contribution in [0, 0.1) is 11.7 Å². The lowest BCUT2D eigenvalue weighted by atomic mass is 9.87. The molecule has 27 heavy (non-hydrogen) atoms. The van der Waals surface area contributed by atoms with E-state index in [9.17, 15) is 4.39 Å². The van der Waals surface area contributed by atoms with Crippen LogP contribution in [0.25, 0.3) is 0 Å². The van der Waals surface area contributed by atoms with Gasteiger partial charge in [0.2, 0.25) is 5.95 Å². The third-order valence-electron chi connectivity index (χ3n) is 4.74. The summed E-state index contributed by atoms with van der Waals surface area (Å²) in [6.45, 7) is 5.26. The molecule has 0 amide bonds. The first kappa shape index (κ1) is 22.1. The second-order valence-electron chi connectivity index (χ2n) is 6.69. The summed E-state index contributed by atoms with van der Waals surface area (Å²) in [5.41, 5.74) is 7.91. The minimum Gasteiger partial charge on any atom is -0.379 e. The van der Waals surface area contributed by atoms with E-state index < -0.39 is 5.54 Å². The number of amidine groups is 1. The van der Waals surface area contributed by atoms with Crippen LogP contribution in [0.15, 0.2) is 22.9 Å². The first-order chi connectivity index (χ1) is 12.0. The van der Waals surface area contributed by atoms with E-state index in [-0.39, 0.29) is 36.5 Å². The Morgan fingerprint density at radius 2 is 2.11 bits per heavy atom. The second-order valence-corrected chi connectivity index (χ2v) is 8.61. The number of nitrogens with zero attached hydrogens (tertiary/aromatic N) is 5. The van der Waals surface area contributed by atoms with E-state index in [0.717, 1.165) is 17.2 Å². The van der Waals surface area contributed by atoms with Gasteiger partial charge in [0.15, 0.2) is 11.0 Å². The molecule has 0 spiro atoms. The molecule has 0 radical (unpaired) electrons. The van der Waals surface area contributed by atoms with Gasteiger partial charge >= 0.3 is 0 Å². The summed E-state index contributed by atoms with van der Waals surface area (Å²) in [4.78, 5) is 21.0. The van der Waals surface area contributed by atoms with Gasteiger partial charge in [0, 0.05) is 24.4 Å². The van der Waals surface area contributed by atoms with Gasteiger partial charge in [-0.25, -0.2) is 19.4 Å². The van der Waals surface area contributed by atoms with Gasteiger partial charge in [-0.15, -0.1) is 36.2 Å². The van der Waals surface area contributed by atoms with E-state index in [1.54, 1.807) is 23.1 Å². The van der Waals surface area contributed by atoms with Gasteiger partial charge < -0.3 is 10.6 Å². The average Bonchev–Trinajstić information content (AvgIpc) is 3.22. The van der Waals surface area contributed by atoms with E-state index >= 15 is 0 Å². The van der Waals surface area contributed by atoms with Gasteiger partial charge in [-0.1, -0.05) is 25.6 Å². The number of rotatable bonds is 3. The van der Waals surface area contributed by atoms with Crippen LogP contribution in [0.1, 0.15) is 30.3 Å². The molecule has 0 unspecified atom stereocenters. The Morgan fingerprint density at radius 1 is 1.33 bits per heavy atom. The molecule has 148 valence electrons. The minimum atomic E-state index is -0.410. The van der Waals surface area contributed by atoms with Crippen molar-refractivity contribution < 1.29 is 4.39 Å². The van der Waals surface area contributed by atoms with Crippen LogP contribution in [0.3, 0.4) is 0 Å². The lowest BCUT2D eigenvalue weighted by molar-refractivity contribution is 0.394. The summed E-state index contributed by atoms with van der Waals surface area (Å²) in [6, 6.07) is 0. The van der Waals surface area contributed by atoms with Crippen LogP contribution in [-0.2, 0) is 5.54 Å². The van der Waals surface area contributed by atoms with E-state index in [2.05, 4.69) is 19.9 Å². The molecular formula is C16H21Cl2FN6S2. The number of thiazole rings is 1. The molecule has 2 aliphatic heterocycles. The first-order valence-corrected chi connectivity index (χ1v) is 10.0. The van der Waals surface area contributed by atoms with Gasteiger partial charge in [0.25, 0.3) is 0 Å². The Bertz CT molecular complexity index is 819. The van der Waals surface area contributed by atoms with Gasteiger partial charge in [-0.3, -0.25) is 4.98 Å². The highest BCUT2D eigenvalue weighted by atomic mass is 35.5. The van der Waals surface area contributed by atoms with Crippen molar-refractivity contribution in [2.45, 2.75) is 25.3 Å². The zero-order valence-electron chi connectivity index (χ0n) is 14.8. The number of hydrogen-bond donors (Lipinski definition) is 1. The van der Waals surface area contributed by atoms with Crippen molar-refractivity contribution in [2.75, 3.05) is 23.7 Å². The average molecular weight is 451 g/mol. The van der Waals surface area contributed by atoms with Crippen molar-refractivity contribution in [1.29, 1.82) is 0 Å². The summed E-state index contributed by atoms with van der Waals surface area (Å²) in [7, 11) is 0. The number of anilines is 1. The molecule has 4 heterocycles. The molecule has 2 N–H and O–H groups in total. The summed E-state index contributed by atoms with van der Waals surface area (Å²) in [5, 5.41) is 0.606. The monoisotopic (exact) mass is 450 g/mol. The molecule has 4 rings (SSSR count). The third-order valence-corrected chi connectivity index (χ3v) is 6.63. The molecule has 0 aliphatic carbocycles. The highest BCUT2D eigenvalue weighted by molar-refractivity contribution is 8.13. The fourth-order valence-corrected chi connectivity index (χ4v) is 5.30. The Balaban J connectivity index is 0.00000131. The van der Waals surface area contributed by atoms with Crippen LogP contribution < -0.4 is 10.6 Å². The van der Waals surface area contributed by atoms with Crippen LogP contribution in [0.5, 0.6) is 0 Å². The van der Waals surface area contributed by atoms with E-state index in [1.807, 2.05) is 25.6 Å². The van der Waals surface area contributed by atoms with Gasteiger partial charge in [0.1, 0.15) is 5.54 Å². The zero-order valence-corrected chi connectivity index (χ0v) is 18.1. The SMILES string of the molecule is CC(C)c1nc(N2C[C@H]3CSC(N)=N[C@@]3(c3cncs3)C2)ncc1F.Cl.Cl. The molecule has 6 nitrogen and oxygen atoms in total. The maximum absolute atomic E-state index is 14.0. The van der Waals surface area contributed by atoms with Gasteiger partial charge in [0.05, 0.1) is 28.8 Å². The molecular weight excluding hydrogens is 430 g/mol. The number of fused-ring (bicyclic) bond motifs is 1.